The second-order valence-electron chi connectivity index (χ2n) is 6.86. The van der Waals surface area contributed by atoms with Gasteiger partial charge in [-0.2, -0.15) is 4.31 Å². The monoisotopic (exact) mass is 612 g/mol. The predicted octanol–water partition coefficient (Wildman–Crippen LogP) is 3.72. The van der Waals surface area contributed by atoms with E-state index in [4.69, 9.17) is 32.7 Å². The number of morpholine rings is 1. The van der Waals surface area contributed by atoms with Crippen molar-refractivity contribution in [3.8, 4) is 0 Å². The molecular formula is C20H19Cl2IN2O6S. The largest absolute Gasteiger partial charge is 0.452 e. The summed E-state index contributed by atoms with van der Waals surface area (Å²) in [6.45, 7) is 2.11. The van der Waals surface area contributed by atoms with Gasteiger partial charge in [-0.05, 0) is 65.4 Å². The normalized spacial score (nSPS) is 14.8. The molecule has 1 aliphatic rings. The Morgan fingerprint density at radius 1 is 1.16 bits per heavy atom. The van der Waals surface area contributed by atoms with Gasteiger partial charge in [0.05, 0.1) is 28.8 Å². The first-order valence-electron chi connectivity index (χ1n) is 9.39. The number of esters is 1. The third-order valence-corrected chi connectivity index (χ3v) is 7.97. The minimum Gasteiger partial charge on any atom is -0.452 e. The van der Waals surface area contributed by atoms with E-state index in [9.17, 15) is 18.0 Å². The van der Waals surface area contributed by atoms with Gasteiger partial charge in [-0.3, -0.25) is 4.79 Å². The maximum Gasteiger partial charge on any atom is 0.340 e. The Morgan fingerprint density at radius 2 is 1.84 bits per heavy atom. The van der Waals surface area contributed by atoms with Crippen LogP contribution in [0.25, 0.3) is 0 Å². The minimum atomic E-state index is -3.97. The summed E-state index contributed by atoms with van der Waals surface area (Å²) in [4.78, 5) is 24.5. The van der Waals surface area contributed by atoms with Gasteiger partial charge in [0, 0.05) is 22.3 Å². The SMILES string of the molecule is Cc1cc(I)ccc1NC(=O)COC(=O)c1cc(S(=O)(=O)N2CCOCC2)c(Cl)cc1Cl. The smallest absolute Gasteiger partial charge is 0.340 e. The fourth-order valence-electron chi connectivity index (χ4n) is 2.97. The topological polar surface area (TPSA) is 102 Å². The molecule has 2 aromatic rings. The second kappa shape index (κ2) is 10.7. The highest BCUT2D eigenvalue weighted by Crippen LogP contribution is 2.31. The quantitative estimate of drug-likeness (QED) is 0.394. The van der Waals surface area contributed by atoms with Gasteiger partial charge in [-0.15, -0.1) is 0 Å². The van der Waals surface area contributed by atoms with Crippen molar-refractivity contribution in [2.24, 2.45) is 0 Å². The third-order valence-electron chi connectivity index (χ3n) is 4.63. The van der Waals surface area contributed by atoms with E-state index in [0.717, 1.165) is 15.2 Å². The fraction of sp³-hybridized carbons (Fsp3) is 0.300. The molecule has 3 rings (SSSR count). The third kappa shape index (κ3) is 5.91. The number of carbonyl (C=O) groups excluding carboxylic acids is 2. The Labute approximate surface area is 209 Å². The molecule has 0 spiro atoms. The molecule has 1 amide bonds. The molecule has 0 bridgehead atoms. The van der Waals surface area contributed by atoms with Crippen LogP contribution < -0.4 is 5.32 Å². The van der Waals surface area contributed by atoms with E-state index >= 15 is 0 Å². The van der Waals surface area contributed by atoms with E-state index in [1.807, 2.05) is 19.1 Å². The summed E-state index contributed by atoms with van der Waals surface area (Å²) in [5, 5.41) is 2.45. The lowest BCUT2D eigenvalue weighted by atomic mass is 10.2. The number of carbonyl (C=O) groups is 2. The van der Waals surface area contributed by atoms with Crippen LogP contribution in [-0.4, -0.2) is 57.5 Å². The second-order valence-corrected chi connectivity index (χ2v) is 10.8. The number of hydrogen-bond acceptors (Lipinski definition) is 6. The number of anilines is 1. The molecule has 172 valence electrons. The van der Waals surface area contributed by atoms with Crippen molar-refractivity contribution in [2.45, 2.75) is 11.8 Å². The number of sulfonamides is 1. The van der Waals surface area contributed by atoms with E-state index in [0.29, 0.717) is 5.69 Å². The number of benzene rings is 2. The summed E-state index contributed by atoms with van der Waals surface area (Å²) in [6, 6.07) is 7.71. The molecule has 0 aliphatic carbocycles. The van der Waals surface area contributed by atoms with E-state index < -0.39 is 28.5 Å². The lowest BCUT2D eigenvalue weighted by molar-refractivity contribution is -0.119. The predicted molar refractivity (Wildman–Crippen MR) is 129 cm³/mol. The Balaban J connectivity index is 1.73. The van der Waals surface area contributed by atoms with Crippen LogP contribution in [0.3, 0.4) is 0 Å². The van der Waals surface area contributed by atoms with Crippen LogP contribution in [0.2, 0.25) is 10.0 Å². The summed E-state index contributed by atoms with van der Waals surface area (Å²) in [5.74, 6) is -1.49. The van der Waals surface area contributed by atoms with Gasteiger partial charge >= 0.3 is 5.97 Å². The molecule has 1 aliphatic heterocycles. The molecule has 0 atom stereocenters. The standard InChI is InChI=1S/C20H19Cl2IN2O6S/c1-12-8-13(23)2-3-17(12)24-19(26)11-31-20(27)14-9-18(16(22)10-15(14)21)32(28,29)25-4-6-30-7-5-25/h2-3,8-10H,4-7,11H2,1H3,(H,24,26). The molecule has 1 N–H and O–H groups in total. The van der Waals surface area contributed by atoms with Crippen molar-refractivity contribution < 1.29 is 27.5 Å². The first kappa shape index (κ1) is 25.2. The molecule has 0 saturated carbocycles. The van der Waals surface area contributed by atoms with Crippen LogP contribution in [0.4, 0.5) is 5.69 Å². The van der Waals surface area contributed by atoms with Crippen molar-refractivity contribution in [3.05, 3.63) is 55.1 Å². The minimum absolute atomic E-state index is 0.0881. The van der Waals surface area contributed by atoms with Crippen LogP contribution >= 0.6 is 45.8 Å². The molecule has 1 heterocycles. The Bertz CT molecular complexity index is 1150. The number of nitrogens with zero attached hydrogens (tertiary/aromatic N) is 1. The van der Waals surface area contributed by atoms with Crippen molar-refractivity contribution in [3.63, 3.8) is 0 Å². The number of aryl methyl sites for hydroxylation is 1. The average Bonchev–Trinajstić information content (AvgIpc) is 2.74. The highest BCUT2D eigenvalue weighted by atomic mass is 127. The summed E-state index contributed by atoms with van der Waals surface area (Å²) in [7, 11) is -3.97. The number of amides is 1. The van der Waals surface area contributed by atoms with Crippen LogP contribution in [0, 0.1) is 10.5 Å². The molecule has 0 aromatic heterocycles. The number of nitrogens with one attached hydrogen (secondary N) is 1. The fourth-order valence-corrected chi connectivity index (χ4v) is 5.85. The average molecular weight is 613 g/mol. The Kier molecular flexibility index (Phi) is 8.39. The van der Waals surface area contributed by atoms with Gasteiger partial charge in [0.1, 0.15) is 4.90 Å². The highest BCUT2D eigenvalue weighted by molar-refractivity contribution is 14.1. The van der Waals surface area contributed by atoms with Crippen molar-refractivity contribution in [1.29, 1.82) is 0 Å². The highest BCUT2D eigenvalue weighted by Gasteiger charge is 2.30. The zero-order chi connectivity index (χ0) is 23.5. The first-order chi connectivity index (χ1) is 15.1. The zero-order valence-electron chi connectivity index (χ0n) is 16.9. The zero-order valence-corrected chi connectivity index (χ0v) is 21.3. The van der Waals surface area contributed by atoms with Crippen molar-refractivity contribution in [2.75, 3.05) is 38.2 Å². The van der Waals surface area contributed by atoms with Gasteiger partial charge < -0.3 is 14.8 Å². The first-order valence-corrected chi connectivity index (χ1v) is 12.7. The molecule has 1 saturated heterocycles. The van der Waals surface area contributed by atoms with Crippen molar-refractivity contribution in [1.82, 2.24) is 4.31 Å². The molecule has 2 aromatic carbocycles. The van der Waals surface area contributed by atoms with E-state index in [2.05, 4.69) is 27.9 Å². The van der Waals surface area contributed by atoms with Crippen LogP contribution in [0.5, 0.6) is 0 Å². The Morgan fingerprint density at radius 3 is 2.50 bits per heavy atom. The number of ether oxygens (including phenoxy) is 2. The number of rotatable bonds is 6. The van der Waals surface area contributed by atoms with Gasteiger partial charge in [0.25, 0.3) is 5.91 Å². The van der Waals surface area contributed by atoms with Crippen LogP contribution in [0.1, 0.15) is 15.9 Å². The summed E-state index contributed by atoms with van der Waals surface area (Å²) < 4.78 is 38.4. The van der Waals surface area contributed by atoms with Crippen LogP contribution in [-0.2, 0) is 24.3 Å². The lowest BCUT2D eigenvalue weighted by Crippen LogP contribution is -2.40. The van der Waals surface area contributed by atoms with Gasteiger partial charge in [-0.1, -0.05) is 23.2 Å². The molecule has 0 radical (unpaired) electrons. The molecule has 1 fully saturated rings. The summed E-state index contributed by atoms with van der Waals surface area (Å²) >= 11 is 14.4. The summed E-state index contributed by atoms with van der Waals surface area (Å²) in [5.41, 5.74) is 1.24. The molecular weight excluding hydrogens is 594 g/mol. The molecule has 12 heteroatoms. The number of hydrogen-bond donors (Lipinski definition) is 1. The van der Waals surface area contributed by atoms with Crippen LogP contribution in [0.15, 0.2) is 35.2 Å². The van der Waals surface area contributed by atoms with Gasteiger partial charge in [-0.25, -0.2) is 13.2 Å². The summed E-state index contributed by atoms with van der Waals surface area (Å²) in [6.07, 6.45) is 0. The van der Waals surface area contributed by atoms with E-state index in [1.165, 1.54) is 10.4 Å². The Hall–Kier alpha value is -1.44. The molecule has 8 nitrogen and oxygen atoms in total. The van der Waals surface area contributed by atoms with Gasteiger partial charge in [0.15, 0.2) is 6.61 Å². The molecule has 32 heavy (non-hydrogen) atoms. The van der Waals surface area contributed by atoms with E-state index in [1.54, 1.807) is 6.07 Å². The molecule has 0 unspecified atom stereocenters. The number of halogens is 3. The lowest BCUT2D eigenvalue weighted by Gasteiger charge is -2.26. The maximum absolute atomic E-state index is 12.9. The van der Waals surface area contributed by atoms with Gasteiger partial charge in [0.2, 0.25) is 10.0 Å². The van der Waals surface area contributed by atoms with E-state index in [-0.39, 0.29) is 46.8 Å². The van der Waals surface area contributed by atoms with Crippen molar-refractivity contribution >= 4 is 73.4 Å². The maximum atomic E-state index is 12.9.